The average Bonchev–Trinajstić information content (AvgIpc) is 2.48. The first-order valence-corrected chi connectivity index (χ1v) is 7.98. The van der Waals surface area contributed by atoms with Gasteiger partial charge in [-0.1, -0.05) is 48.5 Å². The average molecular weight is 323 g/mol. The van der Waals surface area contributed by atoms with Crippen LogP contribution in [-0.4, -0.2) is 0 Å². The van der Waals surface area contributed by atoms with E-state index in [0.717, 1.165) is 22.3 Å². The monoisotopic (exact) mass is 322 g/mol. The first-order valence-electron chi connectivity index (χ1n) is 7.11. The number of rotatable bonds is 6. The van der Waals surface area contributed by atoms with Crippen molar-refractivity contribution >= 4 is 23.2 Å². The molecule has 0 aliphatic heterocycles. The van der Waals surface area contributed by atoms with Crippen LogP contribution in [0.15, 0.2) is 48.5 Å². The molecule has 0 aromatic heterocycles. The van der Waals surface area contributed by atoms with E-state index in [0.29, 0.717) is 13.2 Å². The van der Waals surface area contributed by atoms with E-state index >= 15 is 0 Å². The van der Waals surface area contributed by atoms with Gasteiger partial charge in [-0.25, -0.2) is 0 Å². The van der Waals surface area contributed by atoms with Crippen LogP contribution in [0.5, 0.6) is 0 Å². The topological polar surface area (TPSA) is 9.23 Å². The van der Waals surface area contributed by atoms with E-state index in [1.807, 2.05) is 50.2 Å². The number of hydrogen-bond donors (Lipinski definition) is 0. The van der Waals surface area contributed by atoms with Crippen molar-refractivity contribution in [1.82, 2.24) is 0 Å². The van der Waals surface area contributed by atoms with E-state index in [1.165, 1.54) is 0 Å². The minimum atomic E-state index is -0.0139. The molecule has 112 valence electrons. The molecule has 0 aliphatic carbocycles. The van der Waals surface area contributed by atoms with Crippen molar-refractivity contribution in [2.45, 2.75) is 37.8 Å². The Hall–Kier alpha value is -1.02. The fourth-order valence-corrected chi connectivity index (χ4v) is 2.80. The van der Waals surface area contributed by atoms with Gasteiger partial charge in [0.05, 0.1) is 24.0 Å². The number of halogens is 2. The largest absolute Gasteiger partial charge is 0.372 e. The Morgan fingerprint density at radius 2 is 1.14 bits per heavy atom. The van der Waals surface area contributed by atoms with E-state index < -0.39 is 0 Å². The third-order valence-corrected chi connectivity index (χ3v) is 3.95. The van der Waals surface area contributed by atoms with Crippen molar-refractivity contribution in [3.63, 3.8) is 0 Å². The summed E-state index contributed by atoms with van der Waals surface area (Å²) in [6, 6.07) is 16.2. The Labute approximate surface area is 136 Å². The Balaban J connectivity index is 2.03. The third kappa shape index (κ3) is 4.47. The van der Waals surface area contributed by atoms with Gasteiger partial charge in [0.1, 0.15) is 0 Å². The first-order chi connectivity index (χ1) is 10.1. The van der Waals surface area contributed by atoms with Crippen LogP contribution in [0.4, 0.5) is 0 Å². The zero-order chi connectivity index (χ0) is 15.2. The maximum absolute atomic E-state index is 6.20. The van der Waals surface area contributed by atoms with Gasteiger partial charge >= 0.3 is 0 Å². The lowest BCUT2D eigenvalue weighted by Gasteiger charge is -2.14. The van der Waals surface area contributed by atoms with Gasteiger partial charge in [-0.3, -0.25) is 0 Å². The van der Waals surface area contributed by atoms with Crippen LogP contribution in [-0.2, 0) is 18.0 Å². The van der Waals surface area contributed by atoms with Gasteiger partial charge < -0.3 is 4.74 Å². The van der Waals surface area contributed by atoms with E-state index in [4.69, 9.17) is 27.9 Å². The molecule has 0 aliphatic rings. The number of benzene rings is 2. The van der Waals surface area contributed by atoms with Crippen molar-refractivity contribution in [2.75, 3.05) is 0 Å². The SMILES string of the molecule is CC(Cl)c1ccccc1COCc1ccccc1C(C)Cl. The molecule has 2 rings (SSSR count). The summed E-state index contributed by atoms with van der Waals surface area (Å²) in [5, 5.41) is -0.0279. The third-order valence-electron chi connectivity index (χ3n) is 3.48. The molecule has 2 aromatic carbocycles. The quantitative estimate of drug-likeness (QED) is 0.592. The van der Waals surface area contributed by atoms with Crippen LogP contribution >= 0.6 is 23.2 Å². The van der Waals surface area contributed by atoms with E-state index in [1.54, 1.807) is 0 Å². The van der Waals surface area contributed by atoms with Crippen molar-refractivity contribution in [3.05, 3.63) is 70.8 Å². The summed E-state index contributed by atoms with van der Waals surface area (Å²) in [6.07, 6.45) is 0. The Bertz CT molecular complexity index is 527. The molecular formula is C18H20Cl2O. The predicted molar refractivity (Wildman–Crippen MR) is 89.9 cm³/mol. The van der Waals surface area contributed by atoms with Crippen molar-refractivity contribution < 1.29 is 4.74 Å². The maximum Gasteiger partial charge on any atom is 0.0724 e. The highest BCUT2D eigenvalue weighted by Crippen LogP contribution is 2.26. The summed E-state index contributed by atoms with van der Waals surface area (Å²) in [5.74, 6) is 0. The van der Waals surface area contributed by atoms with E-state index in [9.17, 15) is 0 Å². The zero-order valence-electron chi connectivity index (χ0n) is 12.4. The normalized spacial score (nSPS) is 13.9. The van der Waals surface area contributed by atoms with Crippen LogP contribution in [0.1, 0.15) is 46.9 Å². The molecule has 0 saturated heterocycles. The zero-order valence-corrected chi connectivity index (χ0v) is 13.9. The lowest BCUT2D eigenvalue weighted by Crippen LogP contribution is -2.01. The van der Waals surface area contributed by atoms with Crippen LogP contribution < -0.4 is 0 Å². The molecule has 2 aromatic rings. The van der Waals surface area contributed by atoms with Crippen LogP contribution in [0.25, 0.3) is 0 Å². The summed E-state index contributed by atoms with van der Waals surface area (Å²) in [4.78, 5) is 0. The van der Waals surface area contributed by atoms with Gasteiger partial charge in [-0.2, -0.15) is 0 Å². The standard InChI is InChI=1S/C18H20Cl2O/c1-13(19)17-9-5-3-7-15(17)11-21-12-16-8-4-6-10-18(16)14(2)20/h3-10,13-14H,11-12H2,1-2H3. The molecule has 0 N–H and O–H groups in total. The molecule has 0 spiro atoms. The molecule has 1 nitrogen and oxygen atoms in total. The van der Waals surface area contributed by atoms with Gasteiger partial charge in [-0.05, 0) is 36.1 Å². The second kappa shape index (κ2) is 7.84. The Kier molecular flexibility index (Phi) is 6.10. The van der Waals surface area contributed by atoms with Gasteiger partial charge in [0.25, 0.3) is 0 Å². The molecule has 2 unspecified atom stereocenters. The van der Waals surface area contributed by atoms with Crippen LogP contribution in [0, 0.1) is 0 Å². The Morgan fingerprint density at radius 3 is 1.52 bits per heavy atom. The molecule has 21 heavy (non-hydrogen) atoms. The molecule has 2 atom stereocenters. The van der Waals surface area contributed by atoms with Gasteiger partial charge in [0, 0.05) is 0 Å². The minimum Gasteiger partial charge on any atom is -0.372 e. The Morgan fingerprint density at radius 1 is 0.762 bits per heavy atom. The molecule has 0 heterocycles. The highest BCUT2D eigenvalue weighted by molar-refractivity contribution is 6.20. The number of hydrogen-bond acceptors (Lipinski definition) is 1. The fourth-order valence-electron chi connectivity index (χ4n) is 2.38. The summed E-state index contributed by atoms with van der Waals surface area (Å²) >= 11 is 12.4. The molecular weight excluding hydrogens is 303 g/mol. The molecule has 0 radical (unpaired) electrons. The second-order valence-corrected chi connectivity index (χ2v) is 6.43. The molecule has 0 saturated carbocycles. The number of alkyl halides is 2. The summed E-state index contributed by atoms with van der Waals surface area (Å²) in [6.45, 7) is 5.06. The smallest absolute Gasteiger partial charge is 0.0724 e. The lowest BCUT2D eigenvalue weighted by atomic mass is 10.1. The van der Waals surface area contributed by atoms with E-state index in [2.05, 4.69) is 12.1 Å². The summed E-state index contributed by atoms with van der Waals surface area (Å²) in [5.41, 5.74) is 4.52. The van der Waals surface area contributed by atoms with Crippen LogP contribution in [0.3, 0.4) is 0 Å². The van der Waals surface area contributed by atoms with Crippen LogP contribution in [0.2, 0.25) is 0 Å². The van der Waals surface area contributed by atoms with E-state index in [-0.39, 0.29) is 10.8 Å². The first kappa shape index (κ1) is 16.4. The molecule has 0 bridgehead atoms. The lowest BCUT2D eigenvalue weighted by molar-refractivity contribution is 0.106. The minimum absolute atomic E-state index is 0.0139. The van der Waals surface area contributed by atoms with Gasteiger partial charge in [-0.15, -0.1) is 23.2 Å². The molecule has 0 amide bonds. The van der Waals surface area contributed by atoms with Crippen molar-refractivity contribution in [2.24, 2.45) is 0 Å². The predicted octanol–water partition coefficient (Wildman–Crippen LogP) is 6.00. The highest BCUT2D eigenvalue weighted by atomic mass is 35.5. The molecule has 3 heteroatoms. The van der Waals surface area contributed by atoms with Gasteiger partial charge in [0.2, 0.25) is 0 Å². The fraction of sp³-hybridized carbons (Fsp3) is 0.333. The van der Waals surface area contributed by atoms with Crippen molar-refractivity contribution in [3.8, 4) is 0 Å². The highest BCUT2D eigenvalue weighted by Gasteiger charge is 2.09. The summed E-state index contributed by atoms with van der Waals surface area (Å²) in [7, 11) is 0. The maximum atomic E-state index is 6.20. The van der Waals surface area contributed by atoms with Gasteiger partial charge in [0.15, 0.2) is 0 Å². The van der Waals surface area contributed by atoms with Crippen molar-refractivity contribution in [1.29, 1.82) is 0 Å². The summed E-state index contributed by atoms with van der Waals surface area (Å²) < 4.78 is 5.87. The molecule has 0 fully saturated rings. The number of ether oxygens (including phenoxy) is 1. The second-order valence-electron chi connectivity index (χ2n) is 5.12.